The molecule has 19 heavy (non-hydrogen) atoms. The van der Waals surface area contributed by atoms with E-state index in [0.717, 1.165) is 37.8 Å². The molecular formula is C13H23N3O2S. The molecule has 0 radical (unpaired) electrons. The second-order valence-corrected chi connectivity index (χ2v) is 7.62. The second-order valence-electron chi connectivity index (χ2n) is 5.28. The Morgan fingerprint density at radius 2 is 2.32 bits per heavy atom. The molecule has 0 amide bonds. The van der Waals surface area contributed by atoms with Gasteiger partial charge in [-0.3, -0.25) is 4.68 Å². The molecule has 0 spiro atoms. The van der Waals surface area contributed by atoms with Gasteiger partial charge in [0.2, 0.25) is 0 Å². The average Bonchev–Trinajstić information content (AvgIpc) is 2.78. The highest BCUT2D eigenvalue weighted by Crippen LogP contribution is 2.30. The maximum atomic E-state index is 12.3. The summed E-state index contributed by atoms with van der Waals surface area (Å²) in [6, 6.07) is -0.126. The Kier molecular flexibility index (Phi) is 4.62. The monoisotopic (exact) mass is 285 g/mol. The van der Waals surface area contributed by atoms with E-state index in [1.807, 2.05) is 13.2 Å². The van der Waals surface area contributed by atoms with Crippen molar-refractivity contribution in [2.45, 2.75) is 43.9 Å². The molecule has 1 fully saturated rings. The molecule has 2 rings (SSSR count). The summed E-state index contributed by atoms with van der Waals surface area (Å²) in [7, 11) is -1.13. The van der Waals surface area contributed by atoms with Crippen LogP contribution < -0.4 is 5.32 Å². The van der Waals surface area contributed by atoms with Crippen molar-refractivity contribution in [1.29, 1.82) is 0 Å². The highest BCUT2D eigenvalue weighted by molar-refractivity contribution is 7.92. The largest absolute Gasteiger partial charge is 0.309 e. The molecule has 0 saturated carbocycles. The number of sulfone groups is 1. The normalized spacial score (nSPS) is 24.2. The standard InChI is InChI=1S/C13H23N3O2S/c1-3-7-14-13(11-9-15-16(2)10-11)12-6-4-5-8-19(12,17)18/h9-10,12-14H,3-8H2,1-2H3. The number of aromatic nitrogens is 2. The number of aryl methyl sites for hydroxylation is 1. The number of nitrogens with zero attached hydrogens (tertiary/aromatic N) is 2. The Bertz CT molecular complexity index is 510. The van der Waals surface area contributed by atoms with E-state index >= 15 is 0 Å². The number of hydrogen-bond donors (Lipinski definition) is 1. The molecule has 6 heteroatoms. The predicted molar refractivity (Wildman–Crippen MR) is 75.7 cm³/mol. The fourth-order valence-electron chi connectivity index (χ4n) is 2.72. The van der Waals surface area contributed by atoms with Crippen molar-refractivity contribution in [3.63, 3.8) is 0 Å². The van der Waals surface area contributed by atoms with Crippen molar-refractivity contribution in [3.05, 3.63) is 18.0 Å². The molecule has 2 atom stereocenters. The van der Waals surface area contributed by atoms with Crippen molar-refractivity contribution in [2.24, 2.45) is 7.05 Å². The van der Waals surface area contributed by atoms with Crippen molar-refractivity contribution < 1.29 is 8.42 Å². The van der Waals surface area contributed by atoms with Gasteiger partial charge in [-0.25, -0.2) is 8.42 Å². The van der Waals surface area contributed by atoms with Gasteiger partial charge in [-0.15, -0.1) is 0 Å². The molecule has 108 valence electrons. The van der Waals surface area contributed by atoms with Crippen LogP contribution in [0.2, 0.25) is 0 Å². The SMILES string of the molecule is CCCNC(c1cnn(C)c1)C1CCCCS1(=O)=O. The smallest absolute Gasteiger partial charge is 0.155 e. The Labute approximate surface area is 115 Å². The van der Waals surface area contributed by atoms with Crippen LogP contribution in [0.3, 0.4) is 0 Å². The summed E-state index contributed by atoms with van der Waals surface area (Å²) in [5.74, 6) is 0.322. The van der Waals surface area contributed by atoms with Crippen LogP contribution in [0.15, 0.2) is 12.4 Å². The van der Waals surface area contributed by atoms with Crippen LogP contribution in [0.5, 0.6) is 0 Å². The Balaban J connectivity index is 2.26. The Morgan fingerprint density at radius 1 is 1.53 bits per heavy atom. The summed E-state index contributed by atoms with van der Waals surface area (Å²) in [4.78, 5) is 0. The van der Waals surface area contributed by atoms with Gasteiger partial charge in [-0.2, -0.15) is 5.10 Å². The zero-order valence-electron chi connectivity index (χ0n) is 11.7. The highest BCUT2D eigenvalue weighted by atomic mass is 32.2. The first-order valence-corrected chi connectivity index (χ1v) is 8.69. The van der Waals surface area contributed by atoms with Crippen LogP contribution in [0.4, 0.5) is 0 Å². The Morgan fingerprint density at radius 3 is 2.89 bits per heavy atom. The molecule has 1 aromatic rings. The van der Waals surface area contributed by atoms with Crippen LogP contribution >= 0.6 is 0 Å². The van der Waals surface area contributed by atoms with Crippen molar-refractivity contribution in [3.8, 4) is 0 Å². The van der Waals surface area contributed by atoms with Crippen LogP contribution in [0, 0.1) is 0 Å². The van der Waals surface area contributed by atoms with E-state index in [0.29, 0.717) is 5.75 Å². The third-order valence-corrected chi connectivity index (χ3v) is 5.99. The minimum atomic E-state index is -2.99. The zero-order chi connectivity index (χ0) is 13.9. The van der Waals surface area contributed by atoms with Gasteiger partial charge >= 0.3 is 0 Å². The van der Waals surface area contributed by atoms with Gasteiger partial charge in [0.15, 0.2) is 9.84 Å². The average molecular weight is 285 g/mol. The van der Waals surface area contributed by atoms with Crippen LogP contribution in [0.1, 0.15) is 44.2 Å². The summed E-state index contributed by atoms with van der Waals surface area (Å²) in [6.45, 7) is 2.91. The first-order valence-electron chi connectivity index (χ1n) is 6.98. The van der Waals surface area contributed by atoms with Gasteiger partial charge < -0.3 is 5.32 Å². The lowest BCUT2D eigenvalue weighted by Crippen LogP contribution is -2.40. The molecule has 1 aliphatic rings. The first kappa shape index (κ1) is 14.5. The number of hydrogen-bond acceptors (Lipinski definition) is 4. The van der Waals surface area contributed by atoms with E-state index in [1.54, 1.807) is 10.9 Å². The molecule has 0 aliphatic carbocycles. The van der Waals surface area contributed by atoms with E-state index in [1.165, 1.54) is 0 Å². The molecule has 0 aromatic carbocycles. The van der Waals surface area contributed by atoms with E-state index in [-0.39, 0.29) is 11.3 Å². The third kappa shape index (κ3) is 3.36. The van der Waals surface area contributed by atoms with Gasteiger partial charge in [0, 0.05) is 18.8 Å². The molecule has 5 nitrogen and oxygen atoms in total. The minimum absolute atomic E-state index is 0.126. The van der Waals surface area contributed by atoms with Crippen molar-refractivity contribution in [1.82, 2.24) is 15.1 Å². The molecule has 2 heterocycles. The predicted octanol–water partition coefficient (Wildman–Crippen LogP) is 1.43. The summed E-state index contributed by atoms with van der Waals surface area (Å²) < 4.78 is 26.3. The zero-order valence-corrected chi connectivity index (χ0v) is 12.5. The quantitative estimate of drug-likeness (QED) is 0.889. The van der Waals surface area contributed by atoms with Crippen LogP contribution in [-0.4, -0.2) is 35.7 Å². The first-order chi connectivity index (χ1) is 9.04. The van der Waals surface area contributed by atoms with E-state index in [2.05, 4.69) is 17.3 Å². The Hall–Kier alpha value is -0.880. The number of rotatable bonds is 5. The summed E-state index contributed by atoms with van der Waals surface area (Å²) in [5.41, 5.74) is 0.978. The van der Waals surface area contributed by atoms with Gasteiger partial charge in [-0.05, 0) is 25.8 Å². The lowest BCUT2D eigenvalue weighted by atomic mass is 10.0. The maximum Gasteiger partial charge on any atom is 0.155 e. The third-order valence-electron chi connectivity index (χ3n) is 3.70. The molecule has 1 N–H and O–H groups in total. The van der Waals surface area contributed by atoms with Gasteiger partial charge in [-0.1, -0.05) is 13.3 Å². The van der Waals surface area contributed by atoms with Gasteiger partial charge in [0.1, 0.15) is 0 Å². The summed E-state index contributed by atoms with van der Waals surface area (Å²) in [6.07, 6.45) is 7.22. The minimum Gasteiger partial charge on any atom is -0.309 e. The van der Waals surface area contributed by atoms with E-state index in [9.17, 15) is 8.42 Å². The molecular weight excluding hydrogens is 262 g/mol. The molecule has 0 bridgehead atoms. The highest BCUT2D eigenvalue weighted by Gasteiger charge is 2.36. The molecule has 1 saturated heterocycles. The fourth-order valence-corrected chi connectivity index (χ4v) is 4.82. The van der Waals surface area contributed by atoms with Crippen LogP contribution in [0.25, 0.3) is 0 Å². The number of nitrogens with one attached hydrogen (secondary N) is 1. The topological polar surface area (TPSA) is 64.0 Å². The summed E-state index contributed by atoms with van der Waals surface area (Å²) in [5, 5.41) is 7.25. The molecule has 2 unspecified atom stereocenters. The van der Waals surface area contributed by atoms with Crippen molar-refractivity contribution >= 4 is 9.84 Å². The van der Waals surface area contributed by atoms with Crippen LogP contribution in [-0.2, 0) is 16.9 Å². The van der Waals surface area contributed by atoms with Crippen molar-refractivity contribution in [2.75, 3.05) is 12.3 Å². The lowest BCUT2D eigenvalue weighted by Gasteiger charge is -2.30. The molecule has 1 aromatic heterocycles. The fraction of sp³-hybridized carbons (Fsp3) is 0.769. The summed E-state index contributed by atoms with van der Waals surface area (Å²) >= 11 is 0. The molecule has 1 aliphatic heterocycles. The van der Waals surface area contributed by atoms with Gasteiger partial charge in [0.25, 0.3) is 0 Å². The second kappa shape index (κ2) is 6.05. The van der Waals surface area contributed by atoms with Gasteiger partial charge in [0.05, 0.1) is 23.2 Å². The lowest BCUT2D eigenvalue weighted by molar-refractivity contribution is 0.446. The van der Waals surface area contributed by atoms with E-state index in [4.69, 9.17) is 0 Å². The van der Waals surface area contributed by atoms with E-state index < -0.39 is 9.84 Å². The maximum absolute atomic E-state index is 12.3.